The van der Waals surface area contributed by atoms with Crippen LogP contribution in [0.3, 0.4) is 0 Å². The van der Waals surface area contributed by atoms with E-state index in [4.69, 9.17) is 0 Å². The molecule has 1 aliphatic heterocycles. The third-order valence-corrected chi connectivity index (χ3v) is 5.12. The van der Waals surface area contributed by atoms with Crippen molar-refractivity contribution in [2.45, 2.75) is 25.8 Å². The number of carbonyl (C=O) groups excluding carboxylic acids is 2. The summed E-state index contributed by atoms with van der Waals surface area (Å²) >= 11 is 0. The van der Waals surface area contributed by atoms with E-state index in [1.165, 1.54) is 0 Å². The van der Waals surface area contributed by atoms with Crippen LogP contribution in [-0.2, 0) is 22.6 Å². The van der Waals surface area contributed by atoms with E-state index in [2.05, 4.69) is 20.5 Å². The summed E-state index contributed by atoms with van der Waals surface area (Å²) in [4.78, 5) is 30.7. The van der Waals surface area contributed by atoms with Gasteiger partial charge >= 0.3 is 11.8 Å². The molecule has 28 heavy (non-hydrogen) atoms. The lowest BCUT2D eigenvalue weighted by Gasteiger charge is -2.31. The van der Waals surface area contributed by atoms with Crippen molar-refractivity contribution in [3.63, 3.8) is 0 Å². The Labute approximate surface area is 166 Å². The highest BCUT2D eigenvalue weighted by Crippen LogP contribution is 2.17. The maximum absolute atomic E-state index is 12.0. The van der Waals surface area contributed by atoms with E-state index in [1.54, 1.807) is 0 Å². The highest BCUT2D eigenvalue weighted by Gasteiger charge is 2.21. The largest absolute Gasteiger partial charge is 0.348 e. The molecule has 2 amide bonds. The van der Waals surface area contributed by atoms with Gasteiger partial charge in [0.25, 0.3) is 0 Å². The fourth-order valence-corrected chi connectivity index (χ4v) is 3.43. The molecule has 0 saturated carbocycles. The van der Waals surface area contributed by atoms with Crippen molar-refractivity contribution in [1.29, 1.82) is 0 Å². The van der Waals surface area contributed by atoms with Crippen molar-refractivity contribution in [1.82, 2.24) is 20.5 Å². The second-order valence-corrected chi connectivity index (χ2v) is 7.24. The van der Waals surface area contributed by atoms with Gasteiger partial charge < -0.3 is 10.6 Å². The lowest BCUT2D eigenvalue weighted by atomic mass is 9.96. The summed E-state index contributed by atoms with van der Waals surface area (Å²) in [5.74, 6) is -0.673. The van der Waals surface area contributed by atoms with Crippen molar-refractivity contribution < 1.29 is 9.59 Å². The average molecular weight is 380 g/mol. The van der Waals surface area contributed by atoms with Crippen molar-refractivity contribution in [3.8, 4) is 0 Å². The number of carbonyl (C=O) groups is 2. The second-order valence-electron chi connectivity index (χ2n) is 7.24. The van der Waals surface area contributed by atoms with Crippen LogP contribution in [0.2, 0.25) is 0 Å². The summed E-state index contributed by atoms with van der Waals surface area (Å²) in [7, 11) is 0. The molecule has 6 heteroatoms. The number of benzene rings is 1. The fourth-order valence-electron chi connectivity index (χ4n) is 3.43. The minimum absolute atomic E-state index is 0.418. The van der Waals surface area contributed by atoms with Crippen molar-refractivity contribution >= 4 is 11.8 Å². The summed E-state index contributed by atoms with van der Waals surface area (Å²) in [5.41, 5.74) is 2.22. The highest BCUT2D eigenvalue weighted by molar-refractivity contribution is 6.35. The summed E-state index contributed by atoms with van der Waals surface area (Å²) in [5, 5.41) is 5.47. The van der Waals surface area contributed by atoms with Crippen molar-refractivity contribution in [2.75, 3.05) is 26.2 Å². The number of piperidine rings is 1. The predicted molar refractivity (Wildman–Crippen MR) is 108 cm³/mol. The zero-order chi connectivity index (χ0) is 19.6. The van der Waals surface area contributed by atoms with Gasteiger partial charge in [-0.25, -0.2) is 0 Å². The lowest BCUT2D eigenvalue weighted by molar-refractivity contribution is -0.139. The normalized spacial score (nSPS) is 15.1. The quantitative estimate of drug-likeness (QED) is 0.718. The molecule has 2 heterocycles. The van der Waals surface area contributed by atoms with Gasteiger partial charge in [-0.3, -0.25) is 19.5 Å². The van der Waals surface area contributed by atoms with Crippen LogP contribution in [0.5, 0.6) is 0 Å². The topological polar surface area (TPSA) is 74.3 Å². The van der Waals surface area contributed by atoms with Gasteiger partial charge in [0.15, 0.2) is 0 Å². The van der Waals surface area contributed by atoms with Gasteiger partial charge in [0.05, 0.1) is 5.69 Å². The molecular weight excluding hydrogens is 352 g/mol. The lowest BCUT2D eigenvalue weighted by Crippen LogP contribution is -2.44. The molecule has 0 unspecified atom stereocenters. The first-order valence-corrected chi connectivity index (χ1v) is 9.93. The van der Waals surface area contributed by atoms with Gasteiger partial charge in [-0.05, 0) is 56.0 Å². The molecule has 1 aliphatic rings. The number of nitrogens with zero attached hydrogens (tertiary/aromatic N) is 2. The smallest absolute Gasteiger partial charge is 0.309 e. The molecule has 0 radical (unpaired) electrons. The first-order valence-electron chi connectivity index (χ1n) is 9.93. The standard InChI is InChI=1S/C22H28N4O2/c27-21(24-13-9-18-6-2-1-3-7-18)22(28)25-16-19-10-14-26(15-11-19)17-20-8-4-5-12-23-20/h1-8,12,19H,9-11,13-17H2,(H,24,27)(H,25,28). The predicted octanol–water partition coefficient (Wildman–Crippen LogP) is 1.77. The van der Waals surface area contributed by atoms with E-state index < -0.39 is 11.8 Å². The van der Waals surface area contributed by atoms with Crippen molar-refractivity contribution in [3.05, 3.63) is 66.0 Å². The molecule has 1 fully saturated rings. The van der Waals surface area contributed by atoms with Gasteiger partial charge in [-0.2, -0.15) is 0 Å². The van der Waals surface area contributed by atoms with E-state index >= 15 is 0 Å². The van der Waals surface area contributed by atoms with Crippen LogP contribution in [0.15, 0.2) is 54.7 Å². The first-order chi connectivity index (χ1) is 13.7. The van der Waals surface area contributed by atoms with E-state index in [9.17, 15) is 9.59 Å². The number of hydrogen-bond acceptors (Lipinski definition) is 4. The Morgan fingerprint density at radius 1 is 0.964 bits per heavy atom. The van der Waals surface area contributed by atoms with Crippen molar-refractivity contribution in [2.24, 2.45) is 5.92 Å². The van der Waals surface area contributed by atoms with Crippen LogP contribution in [0.25, 0.3) is 0 Å². The molecule has 6 nitrogen and oxygen atoms in total. The van der Waals surface area contributed by atoms with Gasteiger partial charge in [-0.1, -0.05) is 36.4 Å². The third kappa shape index (κ3) is 6.46. The number of hydrogen-bond donors (Lipinski definition) is 2. The maximum Gasteiger partial charge on any atom is 0.309 e. The molecule has 0 atom stereocenters. The summed E-state index contributed by atoms with van der Waals surface area (Å²) in [6, 6.07) is 15.9. The number of pyridine rings is 1. The minimum atomic E-state index is -0.552. The fraction of sp³-hybridized carbons (Fsp3) is 0.409. The zero-order valence-corrected chi connectivity index (χ0v) is 16.1. The molecule has 1 aromatic heterocycles. The van der Waals surface area contributed by atoms with Crippen LogP contribution < -0.4 is 10.6 Å². The SMILES string of the molecule is O=C(NCCc1ccccc1)C(=O)NCC1CCN(Cc2ccccn2)CC1. The molecule has 2 aromatic rings. The van der Waals surface area contributed by atoms with E-state index in [0.717, 1.165) is 43.7 Å². The van der Waals surface area contributed by atoms with Crippen LogP contribution in [0.1, 0.15) is 24.1 Å². The second kappa shape index (κ2) is 10.6. The summed E-state index contributed by atoms with van der Waals surface area (Å²) < 4.78 is 0. The van der Waals surface area contributed by atoms with Crippen LogP contribution in [0, 0.1) is 5.92 Å². The van der Waals surface area contributed by atoms with E-state index in [1.807, 2.05) is 54.7 Å². The number of nitrogens with one attached hydrogen (secondary N) is 2. The summed E-state index contributed by atoms with van der Waals surface area (Å²) in [6.45, 7) is 3.86. The molecule has 1 aromatic carbocycles. The maximum atomic E-state index is 12.0. The Morgan fingerprint density at radius 3 is 2.39 bits per heavy atom. The third-order valence-electron chi connectivity index (χ3n) is 5.12. The Hall–Kier alpha value is -2.73. The highest BCUT2D eigenvalue weighted by atomic mass is 16.2. The monoisotopic (exact) mass is 380 g/mol. The number of rotatable bonds is 7. The Bertz CT molecular complexity index is 744. The molecule has 1 saturated heterocycles. The molecule has 0 spiro atoms. The van der Waals surface area contributed by atoms with Gasteiger partial charge in [0.1, 0.15) is 0 Å². The molecule has 148 valence electrons. The average Bonchev–Trinajstić information content (AvgIpc) is 2.74. The Kier molecular flexibility index (Phi) is 7.55. The van der Waals surface area contributed by atoms with Gasteiger partial charge in [0.2, 0.25) is 0 Å². The van der Waals surface area contributed by atoms with Gasteiger partial charge in [0, 0.05) is 25.8 Å². The Balaban J connectivity index is 1.30. The number of likely N-dealkylation sites (tertiary alicyclic amines) is 1. The molecular formula is C22H28N4O2. The van der Waals surface area contributed by atoms with Crippen LogP contribution >= 0.6 is 0 Å². The zero-order valence-electron chi connectivity index (χ0n) is 16.1. The number of amides is 2. The Morgan fingerprint density at radius 2 is 1.68 bits per heavy atom. The van der Waals surface area contributed by atoms with Crippen LogP contribution in [0.4, 0.5) is 0 Å². The molecule has 2 N–H and O–H groups in total. The van der Waals surface area contributed by atoms with Gasteiger partial charge in [-0.15, -0.1) is 0 Å². The van der Waals surface area contributed by atoms with E-state index in [-0.39, 0.29) is 0 Å². The number of aromatic nitrogens is 1. The minimum Gasteiger partial charge on any atom is -0.348 e. The molecule has 0 aliphatic carbocycles. The molecule has 0 bridgehead atoms. The summed E-state index contributed by atoms with van der Waals surface area (Å²) in [6.07, 6.45) is 4.57. The molecule has 3 rings (SSSR count). The van der Waals surface area contributed by atoms with Crippen LogP contribution in [-0.4, -0.2) is 47.9 Å². The van der Waals surface area contributed by atoms with E-state index in [0.29, 0.717) is 25.4 Å². The first kappa shape index (κ1) is 20.0.